The van der Waals surface area contributed by atoms with Crippen LogP contribution in [0.2, 0.25) is 0 Å². The fraction of sp³-hybridized carbons (Fsp3) is 0.333. The van der Waals surface area contributed by atoms with Crippen molar-refractivity contribution >= 4 is 0 Å². The minimum absolute atomic E-state index is 0.284. The first-order valence-corrected chi connectivity index (χ1v) is 11.2. The van der Waals surface area contributed by atoms with Crippen LogP contribution in [-0.2, 0) is 38.8 Å². The second kappa shape index (κ2) is 12.0. The highest BCUT2D eigenvalue weighted by Gasteiger charge is 2.47. The lowest BCUT2D eigenvalue weighted by atomic mass is 9.98. The fourth-order valence-electron chi connectivity index (χ4n) is 3.91. The summed E-state index contributed by atoms with van der Waals surface area (Å²) in [5.41, 5.74) is 2.95. The molecule has 0 radical (unpaired) electrons. The number of benzene rings is 3. The second-order valence-corrected chi connectivity index (χ2v) is 8.03. The SMILES string of the molecule is OCC1O[C@H](O)[C@H](OCc2ccccc2)[C@@H](OCc2ccccc2)[C@H]1OCc1ccccc1. The molecule has 0 aliphatic carbocycles. The van der Waals surface area contributed by atoms with Crippen molar-refractivity contribution < 1.29 is 29.2 Å². The van der Waals surface area contributed by atoms with Gasteiger partial charge in [0.2, 0.25) is 0 Å². The van der Waals surface area contributed by atoms with Crippen LogP contribution >= 0.6 is 0 Å². The maximum absolute atomic E-state index is 10.7. The summed E-state index contributed by atoms with van der Waals surface area (Å²) in [7, 11) is 0. The Morgan fingerprint density at radius 3 is 1.39 bits per heavy atom. The third-order valence-electron chi connectivity index (χ3n) is 5.65. The number of hydrogen-bond donors (Lipinski definition) is 2. The van der Waals surface area contributed by atoms with E-state index in [1.165, 1.54) is 0 Å². The summed E-state index contributed by atoms with van der Waals surface area (Å²) in [5, 5.41) is 20.7. The van der Waals surface area contributed by atoms with E-state index in [0.717, 1.165) is 16.7 Å². The number of aliphatic hydroxyl groups is 2. The smallest absolute Gasteiger partial charge is 0.184 e. The first-order chi connectivity index (χ1) is 16.2. The number of hydrogen-bond acceptors (Lipinski definition) is 6. The number of aliphatic hydroxyl groups excluding tert-OH is 2. The molecule has 6 nitrogen and oxygen atoms in total. The van der Waals surface area contributed by atoms with E-state index in [-0.39, 0.29) is 13.2 Å². The molecule has 174 valence electrons. The molecule has 0 spiro atoms. The first-order valence-electron chi connectivity index (χ1n) is 11.2. The largest absolute Gasteiger partial charge is 0.394 e. The van der Waals surface area contributed by atoms with Crippen LogP contribution in [0.5, 0.6) is 0 Å². The molecular formula is C27H30O6. The van der Waals surface area contributed by atoms with Crippen LogP contribution in [0.3, 0.4) is 0 Å². The van der Waals surface area contributed by atoms with Gasteiger partial charge < -0.3 is 29.2 Å². The highest BCUT2D eigenvalue weighted by molar-refractivity contribution is 5.15. The van der Waals surface area contributed by atoms with E-state index in [9.17, 15) is 10.2 Å². The van der Waals surface area contributed by atoms with Crippen molar-refractivity contribution in [2.24, 2.45) is 0 Å². The molecule has 0 aromatic heterocycles. The van der Waals surface area contributed by atoms with Gasteiger partial charge in [-0.1, -0.05) is 91.0 Å². The third kappa shape index (κ3) is 6.48. The average Bonchev–Trinajstić information content (AvgIpc) is 2.87. The molecule has 6 heteroatoms. The van der Waals surface area contributed by atoms with Gasteiger partial charge in [-0.05, 0) is 16.7 Å². The zero-order valence-corrected chi connectivity index (χ0v) is 18.4. The first kappa shape index (κ1) is 23.6. The van der Waals surface area contributed by atoms with Gasteiger partial charge in [0.15, 0.2) is 6.29 Å². The molecule has 2 N–H and O–H groups in total. The van der Waals surface area contributed by atoms with Gasteiger partial charge in [0.1, 0.15) is 24.4 Å². The van der Waals surface area contributed by atoms with Crippen LogP contribution in [0.15, 0.2) is 91.0 Å². The standard InChI is InChI=1S/C27H30O6/c28-16-23-24(30-17-20-10-4-1-5-11-20)25(31-18-21-12-6-2-7-13-21)26(27(29)33-23)32-19-22-14-8-3-9-15-22/h1-15,23-29H,16-19H2/t23?,24-,25-,26+,27-/m0/s1. The fourth-order valence-corrected chi connectivity index (χ4v) is 3.91. The quantitative estimate of drug-likeness (QED) is 0.493. The molecular weight excluding hydrogens is 420 g/mol. The predicted octanol–water partition coefficient (Wildman–Crippen LogP) is 3.45. The van der Waals surface area contributed by atoms with E-state index in [0.29, 0.717) is 13.2 Å². The highest BCUT2D eigenvalue weighted by atomic mass is 16.7. The molecule has 0 saturated carbocycles. The molecule has 5 atom stereocenters. The molecule has 0 amide bonds. The molecule has 1 aliphatic rings. The van der Waals surface area contributed by atoms with E-state index in [1.807, 2.05) is 91.0 Å². The van der Waals surface area contributed by atoms with E-state index < -0.39 is 30.7 Å². The minimum Gasteiger partial charge on any atom is -0.394 e. The predicted molar refractivity (Wildman–Crippen MR) is 123 cm³/mol. The molecule has 1 saturated heterocycles. The van der Waals surface area contributed by atoms with Crippen molar-refractivity contribution in [2.75, 3.05) is 6.61 Å². The van der Waals surface area contributed by atoms with E-state index in [2.05, 4.69) is 0 Å². The molecule has 1 heterocycles. The molecule has 1 unspecified atom stereocenters. The van der Waals surface area contributed by atoms with Gasteiger partial charge in [0.25, 0.3) is 0 Å². The summed E-state index contributed by atoms with van der Waals surface area (Å²) in [6.07, 6.45) is -4.09. The molecule has 33 heavy (non-hydrogen) atoms. The summed E-state index contributed by atoms with van der Waals surface area (Å²) in [6.45, 7) is 0.601. The van der Waals surface area contributed by atoms with Crippen molar-refractivity contribution in [3.8, 4) is 0 Å². The summed E-state index contributed by atoms with van der Waals surface area (Å²) in [4.78, 5) is 0. The molecule has 4 rings (SSSR count). The monoisotopic (exact) mass is 450 g/mol. The van der Waals surface area contributed by atoms with Crippen molar-refractivity contribution in [1.29, 1.82) is 0 Å². The van der Waals surface area contributed by atoms with Crippen molar-refractivity contribution in [2.45, 2.75) is 50.5 Å². The van der Waals surface area contributed by atoms with Crippen LogP contribution in [0.4, 0.5) is 0 Å². The maximum Gasteiger partial charge on any atom is 0.184 e. The third-order valence-corrected chi connectivity index (χ3v) is 5.65. The van der Waals surface area contributed by atoms with Gasteiger partial charge in [-0.3, -0.25) is 0 Å². The van der Waals surface area contributed by atoms with Gasteiger partial charge in [-0.25, -0.2) is 0 Å². The molecule has 0 bridgehead atoms. The normalized spacial score (nSPS) is 25.1. The Hall–Kier alpha value is -2.58. The summed E-state index contributed by atoms with van der Waals surface area (Å²) in [6, 6.07) is 29.3. The zero-order valence-electron chi connectivity index (χ0n) is 18.4. The summed E-state index contributed by atoms with van der Waals surface area (Å²) < 4.78 is 24.3. The lowest BCUT2D eigenvalue weighted by Gasteiger charge is -2.44. The van der Waals surface area contributed by atoms with Crippen LogP contribution in [0.1, 0.15) is 16.7 Å². The van der Waals surface area contributed by atoms with Gasteiger partial charge in [-0.15, -0.1) is 0 Å². The Balaban J connectivity index is 1.53. The van der Waals surface area contributed by atoms with Crippen LogP contribution in [0, 0.1) is 0 Å². The summed E-state index contributed by atoms with van der Waals surface area (Å²) >= 11 is 0. The van der Waals surface area contributed by atoms with Crippen molar-refractivity contribution in [3.05, 3.63) is 108 Å². The van der Waals surface area contributed by atoms with Crippen molar-refractivity contribution in [1.82, 2.24) is 0 Å². The van der Waals surface area contributed by atoms with Crippen LogP contribution < -0.4 is 0 Å². The minimum atomic E-state index is -1.26. The van der Waals surface area contributed by atoms with E-state index in [4.69, 9.17) is 18.9 Å². The Kier molecular flexibility index (Phi) is 8.60. The summed E-state index contributed by atoms with van der Waals surface area (Å²) in [5.74, 6) is 0. The van der Waals surface area contributed by atoms with Gasteiger partial charge in [0, 0.05) is 0 Å². The Labute approximate surface area is 194 Å². The lowest BCUT2D eigenvalue weighted by Crippen LogP contribution is -2.61. The molecule has 3 aromatic rings. The Morgan fingerprint density at radius 1 is 0.576 bits per heavy atom. The van der Waals surface area contributed by atoms with E-state index in [1.54, 1.807) is 0 Å². The topological polar surface area (TPSA) is 77.4 Å². The number of rotatable bonds is 10. The van der Waals surface area contributed by atoms with Crippen LogP contribution in [0.25, 0.3) is 0 Å². The molecule has 1 aliphatic heterocycles. The average molecular weight is 451 g/mol. The maximum atomic E-state index is 10.7. The lowest BCUT2D eigenvalue weighted by molar-refractivity contribution is -0.315. The molecule has 3 aromatic carbocycles. The van der Waals surface area contributed by atoms with Gasteiger partial charge in [0.05, 0.1) is 26.4 Å². The van der Waals surface area contributed by atoms with E-state index >= 15 is 0 Å². The number of ether oxygens (including phenoxy) is 4. The van der Waals surface area contributed by atoms with Gasteiger partial charge in [-0.2, -0.15) is 0 Å². The van der Waals surface area contributed by atoms with Crippen LogP contribution in [-0.4, -0.2) is 47.5 Å². The molecule has 1 fully saturated rings. The Bertz CT molecular complexity index is 937. The second-order valence-electron chi connectivity index (χ2n) is 8.03. The van der Waals surface area contributed by atoms with Crippen molar-refractivity contribution in [3.63, 3.8) is 0 Å². The van der Waals surface area contributed by atoms with Gasteiger partial charge >= 0.3 is 0 Å². The highest BCUT2D eigenvalue weighted by Crippen LogP contribution is 2.29. The zero-order chi connectivity index (χ0) is 22.9. The Morgan fingerprint density at radius 2 is 0.970 bits per heavy atom.